The molecule has 4 aromatic rings. The lowest BCUT2D eigenvalue weighted by Gasteiger charge is -2.13. The molecule has 0 unspecified atom stereocenters. The molecule has 1 aliphatic rings. The van der Waals surface area contributed by atoms with Crippen LogP contribution in [0.3, 0.4) is 0 Å². The molecule has 30 heavy (non-hydrogen) atoms. The number of aromatic nitrogens is 5. The second-order valence-electron chi connectivity index (χ2n) is 7.20. The Bertz CT molecular complexity index is 1340. The van der Waals surface area contributed by atoms with Gasteiger partial charge in [-0.25, -0.2) is 19.0 Å². The van der Waals surface area contributed by atoms with Crippen molar-refractivity contribution in [2.24, 2.45) is 7.05 Å². The number of ether oxygens (including phenoxy) is 1. The summed E-state index contributed by atoms with van der Waals surface area (Å²) in [6, 6.07) is 4.74. The smallest absolute Gasteiger partial charge is 0.274 e. The topological polar surface area (TPSA) is 86.3 Å². The number of imidazole rings is 1. The van der Waals surface area contributed by atoms with Crippen LogP contribution < -0.4 is 15.6 Å². The number of benzene rings is 1. The average molecular weight is 406 g/mol. The first kappa shape index (κ1) is 18.3. The maximum Gasteiger partial charge on any atom is 0.274 e. The van der Waals surface area contributed by atoms with E-state index >= 15 is 0 Å². The summed E-state index contributed by atoms with van der Waals surface area (Å²) < 4.78 is 23.1. The summed E-state index contributed by atoms with van der Waals surface area (Å²) in [5.74, 6) is 0.964. The standard InChI is InChI=1S/C21H19FN6O2/c1-12-11-28-19(26-12)16(14-5-7-25-27(2)20(14)29)10-24-21(28)23-9-15-13-6-8-30-18(13)4-3-17(15)22/h3-5,7,10-11H,6,8-9H2,1-2H3,(H,23,24). The Morgan fingerprint density at radius 1 is 1.27 bits per heavy atom. The molecule has 3 aromatic heterocycles. The number of aryl methyl sites for hydroxylation is 2. The minimum Gasteiger partial charge on any atom is -0.493 e. The van der Waals surface area contributed by atoms with E-state index in [1.165, 1.54) is 10.7 Å². The predicted molar refractivity (Wildman–Crippen MR) is 109 cm³/mol. The van der Waals surface area contributed by atoms with Gasteiger partial charge in [-0.1, -0.05) is 0 Å². The molecular formula is C21H19FN6O2. The number of fused-ring (bicyclic) bond motifs is 2. The van der Waals surface area contributed by atoms with Crippen LogP contribution in [0, 0.1) is 12.7 Å². The molecule has 0 atom stereocenters. The SMILES string of the molecule is Cc1cn2c(NCc3c(F)ccc4c3CCO4)ncc(-c3ccnn(C)c3=O)c2n1. The van der Waals surface area contributed by atoms with E-state index in [1.54, 1.807) is 36.0 Å². The fourth-order valence-electron chi connectivity index (χ4n) is 3.80. The first-order chi connectivity index (χ1) is 14.5. The average Bonchev–Trinajstić information content (AvgIpc) is 3.35. The fourth-order valence-corrected chi connectivity index (χ4v) is 3.80. The third kappa shape index (κ3) is 2.90. The van der Waals surface area contributed by atoms with Crippen LogP contribution in [0.5, 0.6) is 5.75 Å². The van der Waals surface area contributed by atoms with Gasteiger partial charge in [0, 0.05) is 55.3 Å². The van der Waals surface area contributed by atoms with E-state index in [0.717, 1.165) is 17.0 Å². The molecule has 5 rings (SSSR count). The van der Waals surface area contributed by atoms with E-state index in [2.05, 4.69) is 20.4 Å². The van der Waals surface area contributed by atoms with Gasteiger partial charge in [0.15, 0.2) is 0 Å². The molecule has 1 N–H and O–H groups in total. The van der Waals surface area contributed by atoms with Crippen molar-refractivity contribution >= 4 is 11.6 Å². The van der Waals surface area contributed by atoms with Crippen LogP contribution in [0.1, 0.15) is 16.8 Å². The highest BCUT2D eigenvalue weighted by Gasteiger charge is 2.20. The number of hydrogen-bond acceptors (Lipinski definition) is 6. The van der Waals surface area contributed by atoms with E-state index in [1.807, 2.05) is 13.1 Å². The van der Waals surface area contributed by atoms with Crippen molar-refractivity contribution < 1.29 is 9.13 Å². The molecule has 1 aliphatic heterocycles. The third-order valence-electron chi connectivity index (χ3n) is 5.27. The van der Waals surface area contributed by atoms with E-state index in [-0.39, 0.29) is 17.9 Å². The highest BCUT2D eigenvalue weighted by atomic mass is 19.1. The Balaban J connectivity index is 1.56. The molecule has 0 saturated heterocycles. The molecule has 0 radical (unpaired) electrons. The molecule has 4 heterocycles. The molecule has 0 spiro atoms. The number of nitrogens with zero attached hydrogens (tertiary/aromatic N) is 5. The molecule has 0 fully saturated rings. The lowest BCUT2D eigenvalue weighted by molar-refractivity contribution is 0.356. The van der Waals surface area contributed by atoms with Gasteiger partial charge in [0.2, 0.25) is 5.95 Å². The van der Waals surface area contributed by atoms with Gasteiger partial charge in [-0.2, -0.15) is 5.10 Å². The maximum atomic E-state index is 14.5. The minimum absolute atomic E-state index is 0.232. The first-order valence-corrected chi connectivity index (χ1v) is 9.57. The summed E-state index contributed by atoms with van der Waals surface area (Å²) >= 11 is 0. The lowest BCUT2D eigenvalue weighted by atomic mass is 10.0. The summed E-state index contributed by atoms with van der Waals surface area (Å²) in [4.78, 5) is 21.6. The number of rotatable bonds is 4. The number of nitrogens with one attached hydrogen (secondary N) is 1. The van der Waals surface area contributed by atoms with E-state index in [4.69, 9.17) is 4.74 Å². The van der Waals surface area contributed by atoms with Crippen LogP contribution in [-0.2, 0) is 20.0 Å². The molecule has 8 nitrogen and oxygen atoms in total. The van der Waals surface area contributed by atoms with Gasteiger partial charge in [0.25, 0.3) is 5.56 Å². The summed E-state index contributed by atoms with van der Waals surface area (Å²) in [6.45, 7) is 2.69. The van der Waals surface area contributed by atoms with E-state index in [0.29, 0.717) is 41.3 Å². The Kier molecular flexibility index (Phi) is 4.23. The fraction of sp³-hybridized carbons (Fsp3) is 0.238. The normalized spacial score (nSPS) is 12.8. The van der Waals surface area contributed by atoms with Crippen LogP contribution in [0.4, 0.5) is 10.3 Å². The Morgan fingerprint density at radius 2 is 2.13 bits per heavy atom. The maximum absolute atomic E-state index is 14.5. The van der Waals surface area contributed by atoms with Gasteiger partial charge in [-0.3, -0.25) is 9.20 Å². The molecule has 152 valence electrons. The number of hydrogen-bond donors (Lipinski definition) is 1. The second kappa shape index (κ2) is 6.94. The minimum atomic E-state index is -0.276. The molecule has 0 aliphatic carbocycles. The first-order valence-electron chi connectivity index (χ1n) is 9.57. The van der Waals surface area contributed by atoms with Crippen molar-refractivity contribution in [2.75, 3.05) is 11.9 Å². The molecule has 1 aromatic carbocycles. The van der Waals surface area contributed by atoms with Crippen LogP contribution in [-0.4, -0.2) is 30.8 Å². The van der Waals surface area contributed by atoms with Crippen molar-refractivity contribution in [2.45, 2.75) is 19.9 Å². The number of halogens is 1. The summed E-state index contributed by atoms with van der Waals surface area (Å²) in [6.07, 6.45) is 5.68. The molecule has 0 saturated carbocycles. The zero-order valence-electron chi connectivity index (χ0n) is 16.5. The van der Waals surface area contributed by atoms with Crippen molar-refractivity contribution in [3.8, 4) is 16.9 Å². The van der Waals surface area contributed by atoms with Gasteiger partial charge < -0.3 is 10.1 Å². The van der Waals surface area contributed by atoms with Crippen LogP contribution in [0.15, 0.2) is 41.6 Å². The molecule has 9 heteroatoms. The Morgan fingerprint density at radius 3 is 3.00 bits per heavy atom. The molecule has 0 bridgehead atoms. The zero-order valence-corrected chi connectivity index (χ0v) is 16.5. The van der Waals surface area contributed by atoms with Crippen LogP contribution in [0.25, 0.3) is 16.8 Å². The largest absolute Gasteiger partial charge is 0.493 e. The van der Waals surface area contributed by atoms with E-state index in [9.17, 15) is 9.18 Å². The van der Waals surface area contributed by atoms with Crippen molar-refractivity contribution in [1.29, 1.82) is 0 Å². The van der Waals surface area contributed by atoms with Gasteiger partial charge in [0.05, 0.1) is 17.9 Å². The molecule has 0 amide bonds. The summed E-state index contributed by atoms with van der Waals surface area (Å²) in [7, 11) is 1.60. The third-order valence-corrected chi connectivity index (χ3v) is 5.27. The van der Waals surface area contributed by atoms with Crippen molar-refractivity contribution in [1.82, 2.24) is 24.1 Å². The van der Waals surface area contributed by atoms with Gasteiger partial charge in [-0.05, 0) is 25.1 Å². The number of anilines is 1. The second-order valence-corrected chi connectivity index (χ2v) is 7.20. The van der Waals surface area contributed by atoms with Crippen LogP contribution in [0.2, 0.25) is 0 Å². The summed E-state index contributed by atoms with van der Waals surface area (Å²) in [5, 5.41) is 7.18. The van der Waals surface area contributed by atoms with Crippen molar-refractivity contribution in [3.63, 3.8) is 0 Å². The van der Waals surface area contributed by atoms with Crippen molar-refractivity contribution in [3.05, 3.63) is 69.8 Å². The zero-order chi connectivity index (χ0) is 20.8. The predicted octanol–water partition coefficient (Wildman–Crippen LogP) is 2.48. The highest BCUT2D eigenvalue weighted by molar-refractivity contribution is 5.77. The van der Waals surface area contributed by atoms with Gasteiger partial charge in [-0.15, -0.1) is 0 Å². The highest BCUT2D eigenvalue weighted by Crippen LogP contribution is 2.31. The Labute approximate surface area is 171 Å². The van der Waals surface area contributed by atoms with E-state index < -0.39 is 0 Å². The van der Waals surface area contributed by atoms with Gasteiger partial charge >= 0.3 is 0 Å². The molecular weight excluding hydrogens is 387 g/mol. The monoisotopic (exact) mass is 406 g/mol. The Hall–Kier alpha value is -3.75. The summed E-state index contributed by atoms with van der Waals surface area (Å²) in [5.41, 5.74) is 3.67. The quantitative estimate of drug-likeness (QED) is 0.560. The van der Waals surface area contributed by atoms with Crippen LogP contribution >= 0.6 is 0 Å². The lowest BCUT2D eigenvalue weighted by Crippen LogP contribution is -2.21. The van der Waals surface area contributed by atoms with Gasteiger partial charge in [0.1, 0.15) is 17.2 Å².